The van der Waals surface area contributed by atoms with Crippen LogP contribution in [0, 0.1) is 0 Å². The highest BCUT2D eigenvalue weighted by Crippen LogP contribution is 2.26. The van der Waals surface area contributed by atoms with E-state index in [0.717, 1.165) is 32.9 Å². The van der Waals surface area contributed by atoms with Gasteiger partial charge in [-0.1, -0.05) is 37.4 Å². The fourth-order valence-corrected chi connectivity index (χ4v) is 3.69. The van der Waals surface area contributed by atoms with Crippen LogP contribution in [-0.2, 0) is 0 Å². The first kappa shape index (κ1) is 16.6. The first-order valence-corrected chi connectivity index (χ1v) is 11.7. The molecular weight excluding hydrogens is 412 g/mol. The topological polar surface area (TPSA) is 18.5 Å². The third kappa shape index (κ3) is 5.16. The maximum absolute atomic E-state index is 5.94. The molecule has 2 nitrogen and oxygen atoms in total. The molecule has 0 atom stereocenters. The van der Waals surface area contributed by atoms with Crippen molar-refractivity contribution in [1.82, 2.24) is 0 Å². The smallest absolute Gasteiger partial charge is 0.136 e. The molecule has 2 rings (SSSR count). The lowest BCUT2D eigenvalue weighted by Gasteiger charge is -2.23. The molecule has 2 aromatic rings. The first-order chi connectivity index (χ1) is 9.98. The summed E-state index contributed by atoms with van der Waals surface area (Å²) in [4.78, 5) is 0. The molecule has 0 aliphatic carbocycles. The van der Waals surface area contributed by atoms with Crippen molar-refractivity contribution in [3.8, 4) is 11.5 Å². The Labute approximate surface area is 143 Å². The van der Waals surface area contributed by atoms with Gasteiger partial charge in [0.05, 0.1) is 21.4 Å². The fraction of sp³-hybridized carbons (Fsp3) is 0.250. The molecule has 0 spiro atoms. The standard InChI is InChI=1S/C16H18Br2O2Si/c1-21(2,11-19-15-9-5-3-7-13(15)17)12-20-16-10-6-4-8-14(16)18/h3-10H,11-12H2,1-2H3. The lowest BCUT2D eigenvalue weighted by atomic mass is 10.3. The third-order valence-electron chi connectivity index (χ3n) is 2.91. The van der Waals surface area contributed by atoms with Gasteiger partial charge in [-0.15, -0.1) is 0 Å². The zero-order chi connectivity index (χ0) is 15.3. The van der Waals surface area contributed by atoms with Crippen LogP contribution >= 0.6 is 31.9 Å². The molecule has 0 amide bonds. The zero-order valence-corrected chi connectivity index (χ0v) is 16.3. The molecule has 0 heterocycles. The largest absolute Gasteiger partial charge is 0.496 e. The number of benzene rings is 2. The van der Waals surface area contributed by atoms with Crippen molar-refractivity contribution in [2.24, 2.45) is 0 Å². The molecule has 0 saturated carbocycles. The van der Waals surface area contributed by atoms with Gasteiger partial charge in [-0.2, -0.15) is 0 Å². The summed E-state index contributed by atoms with van der Waals surface area (Å²) in [6, 6.07) is 15.8. The Hall–Kier alpha value is -0.783. The molecule has 21 heavy (non-hydrogen) atoms. The molecule has 0 fully saturated rings. The van der Waals surface area contributed by atoms with E-state index >= 15 is 0 Å². The summed E-state index contributed by atoms with van der Waals surface area (Å²) in [7, 11) is -1.60. The van der Waals surface area contributed by atoms with Gasteiger partial charge in [0.2, 0.25) is 0 Å². The highest BCUT2D eigenvalue weighted by atomic mass is 79.9. The van der Waals surface area contributed by atoms with Gasteiger partial charge >= 0.3 is 0 Å². The van der Waals surface area contributed by atoms with Crippen LogP contribution in [0.2, 0.25) is 13.1 Å². The highest BCUT2D eigenvalue weighted by Gasteiger charge is 2.24. The van der Waals surface area contributed by atoms with E-state index in [9.17, 15) is 0 Å². The van der Waals surface area contributed by atoms with Crippen LogP contribution in [0.25, 0.3) is 0 Å². The van der Waals surface area contributed by atoms with Crippen molar-refractivity contribution in [3.05, 3.63) is 57.5 Å². The van der Waals surface area contributed by atoms with Crippen LogP contribution in [0.4, 0.5) is 0 Å². The van der Waals surface area contributed by atoms with E-state index in [0.29, 0.717) is 0 Å². The molecule has 0 unspecified atom stereocenters. The molecule has 112 valence electrons. The Morgan fingerprint density at radius 1 is 0.762 bits per heavy atom. The van der Waals surface area contributed by atoms with Gasteiger partial charge in [0.15, 0.2) is 0 Å². The van der Waals surface area contributed by atoms with Gasteiger partial charge in [-0.25, -0.2) is 0 Å². The van der Waals surface area contributed by atoms with E-state index in [1.807, 2.05) is 48.5 Å². The molecule has 0 aliphatic rings. The van der Waals surface area contributed by atoms with E-state index in [4.69, 9.17) is 9.47 Å². The Bertz CT molecular complexity index is 551. The van der Waals surface area contributed by atoms with Crippen LogP contribution in [0.5, 0.6) is 11.5 Å². The van der Waals surface area contributed by atoms with Crippen LogP contribution in [0.1, 0.15) is 0 Å². The van der Waals surface area contributed by atoms with Gasteiger partial charge in [0, 0.05) is 0 Å². The Morgan fingerprint density at radius 3 is 1.52 bits per heavy atom. The summed E-state index contributed by atoms with van der Waals surface area (Å²) in [6.45, 7) is 4.53. The predicted molar refractivity (Wildman–Crippen MR) is 96.8 cm³/mol. The van der Waals surface area contributed by atoms with Crippen molar-refractivity contribution in [1.29, 1.82) is 0 Å². The summed E-state index contributed by atoms with van der Waals surface area (Å²) in [5, 5.41) is 0. The van der Waals surface area contributed by atoms with Gasteiger partial charge in [0.25, 0.3) is 0 Å². The van der Waals surface area contributed by atoms with Crippen LogP contribution < -0.4 is 9.47 Å². The molecule has 0 bridgehead atoms. The second-order valence-corrected chi connectivity index (χ2v) is 12.2. The second-order valence-electron chi connectivity index (χ2n) is 5.60. The van der Waals surface area contributed by atoms with Gasteiger partial charge in [0.1, 0.15) is 19.6 Å². The predicted octanol–water partition coefficient (Wildman–Crippen LogP) is 5.46. The lowest BCUT2D eigenvalue weighted by molar-refractivity contribution is 0.342. The SMILES string of the molecule is C[Si](C)(COc1ccccc1Br)COc1ccccc1Br. The summed E-state index contributed by atoms with van der Waals surface area (Å²) in [5.74, 6) is 1.78. The average molecular weight is 430 g/mol. The maximum atomic E-state index is 5.94. The molecule has 0 N–H and O–H groups in total. The number of rotatable bonds is 6. The fourth-order valence-electron chi connectivity index (χ4n) is 1.71. The number of hydrogen-bond acceptors (Lipinski definition) is 2. The highest BCUT2D eigenvalue weighted by molar-refractivity contribution is 9.10. The summed E-state index contributed by atoms with van der Waals surface area (Å²) < 4.78 is 13.9. The molecule has 0 saturated heterocycles. The summed E-state index contributed by atoms with van der Waals surface area (Å²) in [6.07, 6.45) is 1.44. The van der Waals surface area contributed by atoms with Gasteiger partial charge in [-0.05, 0) is 56.1 Å². The van der Waals surface area contributed by atoms with Gasteiger partial charge in [-0.3, -0.25) is 0 Å². The molecule has 0 radical (unpaired) electrons. The molecule has 0 aromatic heterocycles. The zero-order valence-electron chi connectivity index (χ0n) is 12.1. The summed E-state index contributed by atoms with van der Waals surface area (Å²) in [5.41, 5.74) is 0. The normalized spacial score (nSPS) is 11.2. The average Bonchev–Trinajstić information content (AvgIpc) is 2.46. The van der Waals surface area contributed by atoms with E-state index in [-0.39, 0.29) is 0 Å². The van der Waals surface area contributed by atoms with Crippen LogP contribution in [0.3, 0.4) is 0 Å². The molecule has 0 aliphatic heterocycles. The number of para-hydroxylation sites is 2. The summed E-state index contributed by atoms with van der Waals surface area (Å²) >= 11 is 7.00. The molecule has 2 aromatic carbocycles. The number of ether oxygens (including phenoxy) is 2. The minimum Gasteiger partial charge on any atom is -0.496 e. The van der Waals surface area contributed by atoms with E-state index in [1.165, 1.54) is 0 Å². The minimum atomic E-state index is -1.60. The van der Waals surface area contributed by atoms with E-state index in [1.54, 1.807) is 0 Å². The maximum Gasteiger partial charge on any atom is 0.136 e. The number of hydrogen-bond donors (Lipinski definition) is 0. The molecule has 5 heteroatoms. The Morgan fingerprint density at radius 2 is 1.14 bits per heavy atom. The molecular formula is C16H18Br2O2Si. The van der Waals surface area contributed by atoms with E-state index < -0.39 is 8.07 Å². The third-order valence-corrected chi connectivity index (χ3v) is 6.07. The monoisotopic (exact) mass is 428 g/mol. The minimum absolute atomic E-state index is 0.722. The van der Waals surface area contributed by atoms with Crippen molar-refractivity contribution in [2.45, 2.75) is 13.1 Å². The van der Waals surface area contributed by atoms with Crippen molar-refractivity contribution < 1.29 is 9.47 Å². The Balaban J connectivity index is 1.90. The van der Waals surface area contributed by atoms with Crippen LogP contribution in [0.15, 0.2) is 57.5 Å². The van der Waals surface area contributed by atoms with Crippen molar-refractivity contribution in [2.75, 3.05) is 12.5 Å². The first-order valence-electron chi connectivity index (χ1n) is 6.73. The van der Waals surface area contributed by atoms with E-state index in [2.05, 4.69) is 45.0 Å². The second kappa shape index (κ2) is 7.47. The van der Waals surface area contributed by atoms with Crippen molar-refractivity contribution >= 4 is 39.9 Å². The lowest BCUT2D eigenvalue weighted by Crippen LogP contribution is -2.41. The number of halogens is 2. The van der Waals surface area contributed by atoms with Crippen molar-refractivity contribution in [3.63, 3.8) is 0 Å². The quantitative estimate of drug-likeness (QED) is 0.567. The Kier molecular flexibility index (Phi) is 5.90. The van der Waals surface area contributed by atoms with Crippen LogP contribution in [-0.4, -0.2) is 20.5 Å². The van der Waals surface area contributed by atoms with Gasteiger partial charge < -0.3 is 9.47 Å².